The fraction of sp³-hybridized carbons (Fsp3) is 0.526. The van der Waals surface area contributed by atoms with E-state index >= 15 is 0 Å². The molecule has 2 rings (SSSR count). The highest BCUT2D eigenvalue weighted by Crippen LogP contribution is 2.18. The third-order valence-corrected chi connectivity index (χ3v) is 5.62. The number of benzene rings is 1. The van der Waals surface area contributed by atoms with Crippen molar-refractivity contribution in [3.8, 4) is 0 Å². The van der Waals surface area contributed by atoms with Crippen LogP contribution in [0.25, 0.3) is 0 Å². The lowest BCUT2D eigenvalue weighted by Crippen LogP contribution is -2.40. The van der Waals surface area contributed by atoms with Crippen molar-refractivity contribution in [3.05, 3.63) is 42.2 Å². The monoisotopic (exact) mass is 424 g/mol. The van der Waals surface area contributed by atoms with Gasteiger partial charge in [0.05, 0.1) is 0 Å². The molecule has 0 aliphatic heterocycles. The van der Waals surface area contributed by atoms with Crippen molar-refractivity contribution in [2.75, 3.05) is 37.4 Å². The summed E-state index contributed by atoms with van der Waals surface area (Å²) >= 11 is 3.53. The Bertz CT molecular complexity index is 705. The molecule has 1 heterocycles. The Morgan fingerprint density at radius 2 is 1.96 bits per heavy atom. The van der Waals surface area contributed by atoms with Gasteiger partial charge in [0.2, 0.25) is 0 Å². The number of aryl methyl sites for hydroxylation is 1. The largest absolute Gasteiger partial charge is 0.356 e. The second-order valence-electron chi connectivity index (χ2n) is 6.03. The topological polar surface area (TPSA) is 67.1 Å². The van der Waals surface area contributed by atoms with E-state index in [0.29, 0.717) is 0 Å². The summed E-state index contributed by atoms with van der Waals surface area (Å²) in [7, 11) is 0. The Morgan fingerprint density at radius 1 is 1.18 bits per heavy atom. The zero-order valence-electron chi connectivity index (χ0n) is 16.5. The lowest BCUT2D eigenvalue weighted by Gasteiger charge is -2.13. The molecular formula is C19H29FN6S2. The van der Waals surface area contributed by atoms with Crippen LogP contribution in [0.1, 0.15) is 19.2 Å². The molecule has 0 spiro atoms. The first-order valence-electron chi connectivity index (χ1n) is 9.49. The summed E-state index contributed by atoms with van der Waals surface area (Å²) in [5, 5.41) is 14.8. The van der Waals surface area contributed by atoms with Gasteiger partial charge in [0.1, 0.15) is 18.0 Å². The summed E-state index contributed by atoms with van der Waals surface area (Å²) in [6, 6.07) is 6.63. The SMILES string of the molecule is CCc1nncn1CCNC(=NCCCSc1ccc(F)cc1)NCCSC. The number of guanidine groups is 1. The minimum Gasteiger partial charge on any atom is -0.356 e. The van der Waals surface area contributed by atoms with Crippen molar-refractivity contribution in [2.24, 2.45) is 4.99 Å². The normalized spacial score (nSPS) is 11.6. The lowest BCUT2D eigenvalue weighted by molar-refractivity contribution is 0.626. The van der Waals surface area contributed by atoms with Gasteiger partial charge in [-0.1, -0.05) is 6.92 Å². The summed E-state index contributed by atoms with van der Waals surface area (Å²) < 4.78 is 15.0. The Kier molecular flexibility index (Phi) is 10.8. The third-order valence-electron chi connectivity index (χ3n) is 3.91. The Hall–Kier alpha value is -1.74. The van der Waals surface area contributed by atoms with Crippen LogP contribution in [0.3, 0.4) is 0 Å². The van der Waals surface area contributed by atoms with Crippen LogP contribution in [0.4, 0.5) is 4.39 Å². The number of hydrogen-bond donors (Lipinski definition) is 2. The molecular weight excluding hydrogens is 395 g/mol. The maximum Gasteiger partial charge on any atom is 0.191 e. The van der Waals surface area contributed by atoms with Crippen molar-refractivity contribution in [1.82, 2.24) is 25.4 Å². The molecule has 0 aliphatic rings. The van der Waals surface area contributed by atoms with Crippen molar-refractivity contribution in [2.45, 2.75) is 31.2 Å². The van der Waals surface area contributed by atoms with E-state index in [2.05, 4.69) is 43.6 Å². The van der Waals surface area contributed by atoms with Gasteiger partial charge in [-0.2, -0.15) is 11.8 Å². The molecule has 2 N–H and O–H groups in total. The standard InChI is InChI=1S/C19H29FN6S2/c1-3-18-25-24-15-26(18)12-10-22-19(23-11-14-27-2)21-9-4-13-28-17-7-5-16(20)6-8-17/h5-8,15H,3-4,9-14H2,1-2H3,(H2,21,22,23). The third kappa shape index (κ3) is 8.52. The zero-order valence-corrected chi connectivity index (χ0v) is 18.2. The number of halogens is 1. The molecule has 1 aromatic heterocycles. The summed E-state index contributed by atoms with van der Waals surface area (Å²) in [5.74, 6) is 3.62. The molecule has 0 atom stereocenters. The first-order chi connectivity index (χ1) is 13.7. The summed E-state index contributed by atoms with van der Waals surface area (Å²) in [4.78, 5) is 5.76. The number of nitrogens with zero attached hydrogens (tertiary/aromatic N) is 4. The second kappa shape index (κ2) is 13.4. The van der Waals surface area contributed by atoms with E-state index in [9.17, 15) is 4.39 Å². The van der Waals surface area contributed by atoms with Gasteiger partial charge < -0.3 is 15.2 Å². The summed E-state index contributed by atoms with van der Waals surface area (Å²) in [5.41, 5.74) is 0. The van der Waals surface area contributed by atoms with E-state index in [0.717, 1.165) is 67.2 Å². The molecule has 0 radical (unpaired) electrons. The predicted octanol–water partition coefficient (Wildman–Crippen LogP) is 3.06. The molecule has 6 nitrogen and oxygen atoms in total. The first kappa shape index (κ1) is 22.5. The number of rotatable bonds is 12. The van der Waals surface area contributed by atoms with Gasteiger partial charge in [0.15, 0.2) is 5.96 Å². The maximum atomic E-state index is 12.9. The molecule has 28 heavy (non-hydrogen) atoms. The smallest absolute Gasteiger partial charge is 0.191 e. The average molecular weight is 425 g/mol. The molecule has 9 heteroatoms. The van der Waals surface area contributed by atoms with Crippen LogP contribution in [-0.4, -0.2) is 58.1 Å². The summed E-state index contributed by atoms with van der Waals surface area (Å²) in [6.07, 6.45) is 5.70. The Morgan fingerprint density at radius 3 is 2.71 bits per heavy atom. The first-order valence-corrected chi connectivity index (χ1v) is 11.9. The van der Waals surface area contributed by atoms with Crippen LogP contribution in [0.15, 0.2) is 40.5 Å². The number of aliphatic imine (C=N–C) groups is 1. The van der Waals surface area contributed by atoms with Gasteiger partial charge in [-0.3, -0.25) is 4.99 Å². The Balaban J connectivity index is 1.73. The highest BCUT2D eigenvalue weighted by Gasteiger charge is 2.03. The van der Waals surface area contributed by atoms with Crippen LogP contribution in [0, 0.1) is 5.82 Å². The zero-order chi connectivity index (χ0) is 20.0. The van der Waals surface area contributed by atoms with E-state index in [1.807, 2.05) is 12.1 Å². The van der Waals surface area contributed by atoms with Crippen molar-refractivity contribution >= 4 is 29.5 Å². The lowest BCUT2D eigenvalue weighted by atomic mass is 10.4. The Labute approximate surface area is 175 Å². The van der Waals surface area contributed by atoms with Crippen LogP contribution in [0.5, 0.6) is 0 Å². The van der Waals surface area contributed by atoms with Crippen LogP contribution < -0.4 is 10.6 Å². The number of thioether (sulfide) groups is 2. The molecule has 0 bridgehead atoms. The predicted molar refractivity (Wildman–Crippen MR) is 118 cm³/mol. The molecule has 2 aromatic rings. The van der Waals surface area contributed by atoms with E-state index < -0.39 is 0 Å². The van der Waals surface area contributed by atoms with E-state index in [1.54, 1.807) is 29.9 Å². The molecule has 0 saturated heterocycles. The van der Waals surface area contributed by atoms with E-state index in [-0.39, 0.29) is 5.82 Å². The number of nitrogens with one attached hydrogen (secondary N) is 2. The highest BCUT2D eigenvalue weighted by atomic mass is 32.2. The van der Waals surface area contributed by atoms with Gasteiger partial charge in [-0.25, -0.2) is 4.39 Å². The van der Waals surface area contributed by atoms with Crippen LogP contribution >= 0.6 is 23.5 Å². The second-order valence-corrected chi connectivity index (χ2v) is 8.18. The maximum absolute atomic E-state index is 12.9. The molecule has 154 valence electrons. The summed E-state index contributed by atoms with van der Waals surface area (Å²) in [6.45, 7) is 5.27. The fourth-order valence-electron chi connectivity index (χ4n) is 2.46. The van der Waals surface area contributed by atoms with Gasteiger partial charge in [0.25, 0.3) is 0 Å². The van der Waals surface area contributed by atoms with E-state index in [4.69, 9.17) is 0 Å². The molecule has 1 aromatic carbocycles. The van der Waals surface area contributed by atoms with E-state index in [1.165, 1.54) is 12.1 Å². The van der Waals surface area contributed by atoms with Gasteiger partial charge in [-0.15, -0.1) is 22.0 Å². The molecule has 0 amide bonds. The molecule has 0 unspecified atom stereocenters. The minimum atomic E-state index is -0.196. The molecule has 0 aliphatic carbocycles. The highest BCUT2D eigenvalue weighted by molar-refractivity contribution is 7.99. The number of hydrogen-bond acceptors (Lipinski definition) is 5. The minimum absolute atomic E-state index is 0.196. The molecule has 0 saturated carbocycles. The number of aromatic nitrogens is 3. The molecule has 0 fully saturated rings. The average Bonchev–Trinajstić information content (AvgIpc) is 3.16. The van der Waals surface area contributed by atoms with Gasteiger partial charge in [-0.05, 0) is 42.7 Å². The van der Waals surface area contributed by atoms with Crippen molar-refractivity contribution in [1.29, 1.82) is 0 Å². The van der Waals surface area contributed by atoms with Gasteiger partial charge >= 0.3 is 0 Å². The van der Waals surface area contributed by atoms with Crippen LogP contribution in [-0.2, 0) is 13.0 Å². The van der Waals surface area contributed by atoms with Crippen LogP contribution in [0.2, 0.25) is 0 Å². The fourth-order valence-corrected chi connectivity index (χ4v) is 3.60. The van der Waals surface area contributed by atoms with Crippen molar-refractivity contribution < 1.29 is 4.39 Å². The van der Waals surface area contributed by atoms with Gasteiger partial charge in [0, 0.05) is 43.2 Å². The van der Waals surface area contributed by atoms with Crippen molar-refractivity contribution in [3.63, 3.8) is 0 Å². The quantitative estimate of drug-likeness (QED) is 0.236.